The predicted octanol–water partition coefficient (Wildman–Crippen LogP) is 1.95. The molecule has 1 heterocycles. The summed E-state index contributed by atoms with van der Waals surface area (Å²) in [7, 11) is 0. The van der Waals surface area contributed by atoms with Crippen molar-refractivity contribution >= 4 is 11.8 Å². The van der Waals surface area contributed by atoms with Gasteiger partial charge < -0.3 is 5.32 Å². The smallest absolute Gasteiger partial charge is 0.138 e. The summed E-state index contributed by atoms with van der Waals surface area (Å²) in [6, 6.07) is 8.07. The van der Waals surface area contributed by atoms with E-state index in [9.17, 15) is 0 Å². The van der Waals surface area contributed by atoms with Crippen molar-refractivity contribution in [2.45, 2.75) is 0 Å². The van der Waals surface area contributed by atoms with Gasteiger partial charge in [-0.1, -0.05) is 24.8 Å². The Morgan fingerprint density at radius 2 is 2.07 bits per heavy atom. The van der Waals surface area contributed by atoms with Crippen LogP contribution in [0.1, 0.15) is 5.56 Å². The first-order chi connectivity index (χ1) is 6.88. The second kappa shape index (κ2) is 4.26. The predicted molar refractivity (Wildman–Crippen MR) is 57.7 cm³/mol. The quantitative estimate of drug-likeness (QED) is 0.567. The van der Waals surface area contributed by atoms with Crippen molar-refractivity contribution in [2.24, 2.45) is 0 Å². The molecule has 3 nitrogen and oxygen atoms in total. The fourth-order valence-corrected chi connectivity index (χ4v) is 1.11. The second-order valence-electron chi connectivity index (χ2n) is 3.21. The van der Waals surface area contributed by atoms with Crippen molar-refractivity contribution in [3.8, 4) is 0 Å². The fourth-order valence-electron chi connectivity index (χ4n) is 1.11. The van der Waals surface area contributed by atoms with Crippen LogP contribution in [0, 0.1) is 0 Å². The number of hydrogen-bond acceptors (Lipinski definition) is 3. The molecular weight excluding hydrogens is 176 g/mol. The van der Waals surface area contributed by atoms with Crippen LogP contribution in [0.3, 0.4) is 0 Å². The van der Waals surface area contributed by atoms with Gasteiger partial charge in [0.2, 0.25) is 0 Å². The summed E-state index contributed by atoms with van der Waals surface area (Å²) in [5, 5.41) is 5.08. The molecule has 0 radical (unpaired) electrons. The molecule has 0 unspecified atom stereocenters. The maximum atomic E-state index is 5.32. The molecule has 1 aromatic rings. The van der Waals surface area contributed by atoms with E-state index >= 15 is 0 Å². The van der Waals surface area contributed by atoms with Crippen molar-refractivity contribution < 1.29 is 4.84 Å². The fraction of sp³-hybridized carbons (Fsp3) is 0.273. The highest BCUT2D eigenvalue weighted by Gasteiger charge is 2.17. The molecule has 0 atom stereocenters. The van der Waals surface area contributed by atoms with Gasteiger partial charge in [0.15, 0.2) is 0 Å². The summed E-state index contributed by atoms with van der Waals surface area (Å²) in [6.45, 7) is 6.34. The molecule has 0 spiro atoms. The lowest BCUT2D eigenvalue weighted by Crippen LogP contribution is -2.09. The normalized spacial score (nSPS) is 15.1. The van der Waals surface area contributed by atoms with Gasteiger partial charge in [0.25, 0.3) is 0 Å². The van der Waals surface area contributed by atoms with Gasteiger partial charge in [0.05, 0.1) is 0 Å². The first-order valence-electron chi connectivity index (χ1n) is 4.73. The Balaban J connectivity index is 1.79. The molecule has 0 amide bonds. The molecule has 0 aliphatic carbocycles. The average molecular weight is 190 g/mol. The van der Waals surface area contributed by atoms with Gasteiger partial charge >= 0.3 is 0 Å². The van der Waals surface area contributed by atoms with Gasteiger partial charge in [-0.05, 0) is 17.7 Å². The number of rotatable bonds is 5. The molecule has 0 bridgehead atoms. The highest BCUT2D eigenvalue weighted by Crippen LogP contribution is 2.10. The lowest BCUT2D eigenvalue weighted by Gasteiger charge is -2.06. The summed E-state index contributed by atoms with van der Waals surface area (Å²) in [4.78, 5) is 5.32. The van der Waals surface area contributed by atoms with E-state index in [-0.39, 0.29) is 0 Å². The minimum Gasteiger partial charge on any atom is -0.361 e. The molecule has 74 valence electrons. The van der Waals surface area contributed by atoms with E-state index in [0.29, 0.717) is 6.73 Å². The van der Waals surface area contributed by atoms with Gasteiger partial charge in [-0.3, -0.25) is 4.84 Å². The summed E-state index contributed by atoms with van der Waals surface area (Å²) in [6.07, 6.45) is 1.83. The number of nitrogens with zero attached hydrogens (tertiary/aromatic N) is 1. The van der Waals surface area contributed by atoms with Crippen LogP contribution in [0.25, 0.3) is 6.08 Å². The van der Waals surface area contributed by atoms with Crippen LogP contribution < -0.4 is 5.32 Å². The molecule has 1 aliphatic rings. The third-order valence-corrected chi connectivity index (χ3v) is 2.08. The molecule has 1 saturated heterocycles. The summed E-state index contributed by atoms with van der Waals surface area (Å²) >= 11 is 0. The molecule has 1 aromatic carbocycles. The van der Waals surface area contributed by atoms with Crippen molar-refractivity contribution in [3.63, 3.8) is 0 Å². The largest absolute Gasteiger partial charge is 0.361 e. The Kier molecular flexibility index (Phi) is 2.81. The van der Waals surface area contributed by atoms with E-state index < -0.39 is 0 Å². The molecule has 3 heteroatoms. The summed E-state index contributed by atoms with van der Waals surface area (Å²) in [5.74, 6) is 0. The van der Waals surface area contributed by atoms with Gasteiger partial charge in [-0.15, -0.1) is 0 Å². The molecule has 1 fully saturated rings. The van der Waals surface area contributed by atoms with Gasteiger partial charge in [0, 0.05) is 18.8 Å². The third kappa shape index (κ3) is 2.58. The zero-order valence-corrected chi connectivity index (χ0v) is 8.07. The topological polar surface area (TPSA) is 24.3 Å². The highest BCUT2D eigenvalue weighted by atomic mass is 16.7. The van der Waals surface area contributed by atoms with Crippen molar-refractivity contribution in [2.75, 3.05) is 25.1 Å². The number of hydroxylamine groups is 2. The first kappa shape index (κ1) is 9.24. The van der Waals surface area contributed by atoms with Crippen LogP contribution in [0.15, 0.2) is 30.8 Å². The minimum absolute atomic E-state index is 0.535. The van der Waals surface area contributed by atoms with E-state index in [1.54, 1.807) is 0 Å². The molecule has 0 aromatic heterocycles. The van der Waals surface area contributed by atoms with Crippen molar-refractivity contribution in [1.29, 1.82) is 0 Å². The van der Waals surface area contributed by atoms with Crippen molar-refractivity contribution in [1.82, 2.24) is 5.06 Å². The standard InChI is InChI=1S/C11H14N2O/c1-2-10-3-5-11(6-4-10)12-9-14-13-7-8-13/h2-6,12H,1,7-9H2. The Morgan fingerprint density at radius 1 is 1.36 bits per heavy atom. The maximum Gasteiger partial charge on any atom is 0.138 e. The molecule has 2 rings (SSSR count). The van der Waals surface area contributed by atoms with Gasteiger partial charge in [-0.25, -0.2) is 0 Å². The van der Waals surface area contributed by atoms with E-state index in [0.717, 1.165) is 24.3 Å². The van der Waals surface area contributed by atoms with E-state index in [2.05, 4.69) is 11.9 Å². The third-order valence-electron chi connectivity index (χ3n) is 2.08. The van der Waals surface area contributed by atoms with Crippen LogP contribution in [0.4, 0.5) is 5.69 Å². The molecule has 14 heavy (non-hydrogen) atoms. The molecule has 0 saturated carbocycles. The first-order valence-corrected chi connectivity index (χ1v) is 4.73. The SMILES string of the molecule is C=Cc1ccc(NCON2CC2)cc1. The number of nitrogens with one attached hydrogen (secondary N) is 1. The number of anilines is 1. The van der Waals surface area contributed by atoms with Crippen LogP contribution in [0.5, 0.6) is 0 Å². The zero-order valence-electron chi connectivity index (χ0n) is 8.07. The average Bonchev–Trinajstić information content (AvgIpc) is 3.03. The molecular formula is C11H14N2O. The summed E-state index contributed by atoms with van der Waals surface area (Å²) in [5.41, 5.74) is 2.19. The van der Waals surface area contributed by atoms with E-state index in [1.807, 2.05) is 35.4 Å². The second-order valence-corrected chi connectivity index (χ2v) is 3.21. The van der Waals surface area contributed by atoms with Gasteiger partial charge in [-0.2, -0.15) is 5.06 Å². The Hall–Kier alpha value is -1.32. The molecule has 1 N–H and O–H groups in total. The lowest BCUT2D eigenvalue weighted by atomic mass is 10.2. The number of hydrogen-bond donors (Lipinski definition) is 1. The minimum atomic E-state index is 0.535. The van der Waals surface area contributed by atoms with E-state index in [1.165, 1.54) is 0 Å². The highest BCUT2D eigenvalue weighted by molar-refractivity contribution is 5.53. The monoisotopic (exact) mass is 190 g/mol. The lowest BCUT2D eigenvalue weighted by molar-refractivity contribution is -0.0537. The maximum absolute atomic E-state index is 5.32. The van der Waals surface area contributed by atoms with Crippen LogP contribution in [0.2, 0.25) is 0 Å². The Morgan fingerprint density at radius 3 is 2.64 bits per heavy atom. The Bertz CT molecular complexity index is 304. The zero-order chi connectivity index (χ0) is 9.80. The van der Waals surface area contributed by atoms with Crippen LogP contribution in [-0.4, -0.2) is 24.9 Å². The van der Waals surface area contributed by atoms with Crippen molar-refractivity contribution in [3.05, 3.63) is 36.4 Å². The summed E-state index contributed by atoms with van der Waals surface area (Å²) < 4.78 is 0. The number of benzene rings is 1. The molecule has 1 aliphatic heterocycles. The van der Waals surface area contributed by atoms with E-state index in [4.69, 9.17) is 4.84 Å². The Labute approximate surface area is 83.9 Å². The van der Waals surface area contributed by atoms with Crippen LogP contribution >= 0.6 is 0 Å². The van der Waals surface area contributed by atoms with Gasteiger partial charge in [0.1, 0.15) is 6.73 Å². The van der Waals surface area contributed by atoms with Crippen LogP contribution in [-0.2, 0) is 4.84 Å².